The van der Waals surface area contributed by atoms with E-state index in [0.29, 0.717) is 0 Å². The minimum absolute atomic E-state index is 0.0819. The summed E-state index contributed by atoms with van der Waals surface area (Å²) in [5.74, 6) is 0. The molecule has 0 amide bonds. The van der Waals surface area contributed by atoms with E-state index in [1.54, 1.807) is 0 Å². The van der Waals surface area contributed by atoms with E-state index in [9.17, 15) is 0 Å². The van der Waals surface area contributed by atoms with Crippen LogP contribution in [-0.2, 0) is 4.43 Å². The first-order chi connectivity index (χ1) is 7.27. The Balaban J connectivity index is 4.88. The van der Waals surface area contributed by atoms with Crippen LogP contribution in [0.5, 0.6) is 0 Å². The highest BCUT2D eigenvalue weighted by molar-refractivity contribution is 14.1. The first-order valence-corrected chi connectivity index (χ1v) is 10.2. The van der Waals surface area contributed by atoms with Crippen molar-refractivity contribution in [2.75, 3.05) is 4.40 Å². The van der Waals surface area contributed by atoms with Crippen molar-refractivity contribution in [2.45, 2.75) is 72.2 Å². The number of alkyl halides is 1. The van der Waals surface area contributed by atoms with Gasteiger partial charge in [-0.15, -0.1) is 0 Å². The van der Waals surface area contributed by atoms with E-state index in [-0.39, 0.29) is 21.0 Å². The molecule has 0 unspecified atom stereocenters. The predicted molar refractivity (Wildman–Crippen MR) is 85.0 cm³/mol. The maximum absolute atomic E-state index is 7.77. The molecular formula is C13H29IOSi. The highest BCUT2D eigenvalue weighted by Crippen LogP contribution is 2.40. The van der Waals surface area contributed by atoms with Crippen molar-refractivity contribution in [1.82, 2.24) is 0 Å². The Morgan fingerprint density at radius 1 is 1.19 bits per heavy atom. The maximum Gasteiger partial charge on any atom is 0.192 e. The van der Waals surface area contributed by atoms with E-state index in [2.05, 4.69) is 77.2 Å². The van der Waals surface area contributed by atoms with Gasteiger partial charge in [-0.1, -0.05) is 64.1 Å². The third kappa shape index (κ3) is 5.04. The lowest BCUT2D eigenvalue weighted by atomic mass is 9.88. The second kappa shape index (κ2) is 5.70. The van der Waals surface area contributed by atoms with E-state index in [0.717, 1.165) is 6.42 Å². The Morgan fingerprint density at radius 3 is 1.88 bits per heavy atom. The molecule has 0 rings (SSSR count). The van der Waals surface area contributed by atoms with Crippen LogP contribution in [0.15, 0.2) is 0 Å². The Labute approximate surface area is 118 Å². The molecular weight excluding hydrogens is 327 g/mol. The Bertz CT molecular complexity index is 241. The summed E-state index contributed by atoms with van der Waals surface area (Å²) in [7, 11) is -1.73. The van der Waals surface area contributed by atoms with Crippen molar-refractivity contribution in [3.63, 3.8) is 0 Å². The van der Waals surface area contributed by atoms with Gasteiger partial charge in [0.25, 0.3) is 0 Å². The Morgan fingerprint density at radius 2 is 1.62 bits per heavy atom. The molecule has 0 aromatic rings. The molecule has 0 bridgehead atoms. The fourth-order valence-corrected chi connectivity index (χ4v) is 3.17. The van der Waals surface area contributed by atoms with Gasteiger partial charge in [-0.25, -0.2) is 0 Å². The third-order valence-electron chi connectivity index (χ3n) is 3.51. The zero-order chi connectivity index (χ0) is 14.1. The summed E-state index contributed by atoms with van der Waals surface area (Å²) < 4.78 is 14.2. The van der Waals surface area contributed by atoms with Crippen LogP contribution in [0, 0.1) is 5.41 Å². The van der Waals surface area contributed by atoms with E-state index in [4.69, 9.17) is 5.80 Å². The van der Waals surface area contributed by atoms with Crippen molar-refractivity contribution >= 4 is 30.9 Å². The van der Waals surface area contributed by atoms with Gasteiger partial charge in [0.15, 0.2) is 8.32 Å². The highest BCUT2D eigenvalue weighted by atomic mass is 127. The summed E-state index contributed by atoms with van der Waals surface area (Å²) in [6.07, 6.45) is 0.999. The van der Waals surface area contributed by atoms with Gasteiger partial charge in [0, 0.05) is 5.77 Å². The fourth-order valence-electron chi connectivity index (χ4n) is 1.19. The van der Waals surface area contributed by atoms with Crippen LogP contribution >= 0.6 is 22.6 Å². The average molecular weight is 357 g/mol. The summed E-state index contributed by atoms with van der Waals surface area (Å²) in [5, 5.41) is 0.235. The van der Waals surface area contributed by atoms with E-state index >= 15 is 0 Å². The molecule has 0 aliphatic heterocycles. The Hall–Kier alpha value is 0.907. The summed E-state index contributed by atoms with van der Waals surface area (Å²) >= 11 is 2.17. The number of hydrogen-bond donors (Lipinski definition) is 0. The van der Waals surface area contributed by atoms with Crippen LogP contribution in [0.4, 0.5) is 0 Å². The Kier molecular flexibility index (Phi) is 5.33. The lowest BCUT2D eigenvalue weighted by Gasteiger charge is -2.43. The standard InChI is InChI=1S/C13H29IOSi/c1-12(2,3)11(9-10-14)15-16(7,8)13(4,5)6/h11H,9-10H2,1-8H3/t11-/m0/s1/i10D/t10-,11+/m1. The largest absolute Gasteiger partial charge is 0.413 e. The van der Waals surface area contributed by atoms with Gasteiger partial charge in [-0.3, -0.25) is 0 Å². The van der Waals surface area contributed by atoms with E-state index in [1.165, 1.54) is 0 Å². The molecule has 0 heterocycles. The monoisotopic (exact) mass is 357 g/mol. The van der Waals surface area contributed by atoms with Crippen LogP contribution in [0.1, 0.15) is 49.3 Å². The minimum atomic E-state index is -1.73. The molecule has 0 saturated carbocycles. The third-order valence-corrected chi connectivity index (χ3v) is 8.51. The summed E-state index contributed by atoms with van der Waals surface area (Å²) in [6, 6.07) is 0. The molecule has 0 aromatic heterocycles. The molecule has 0 aliphatic carbocycles. The second-order valence-corrected chi connectivity index (χ2v) is 12.8. The van der Waals surface area contributed by atoms with Gasteiger partial charge in [0.2, 0.25) is 0 Å². The van der Waals surface area contributed by atoms with Crippen LogP contribution in [-0.4, -0.2) is 18.8 Å². The van der Waals surface area contributed by atoms with Gasteiger partial charge in [0.05, 0.1) is 6.10 Å². The second-order valence-electron chi connectivity index (χ2n) is 7.12. The van der Waals surface area contributed by atoms with E-state index in [1.807, 2.05) is 0 Å². The molecule has 2 atom stereocenters. The molecule has 0 saturated heterocycles. The molecule has 3 heteroatoms. The first-order valence-electron chi connectivity index (χ1n) is 6.59. The SMILES string of the molecule is [2H][C@@H](I)C[C@H](O[Si](C)(C)C(C)(C)C)C(C)(C)C. The van der Waals surface area contributed by atoms with Crippen molar-refractivity contribution < 1.29 is 5.80 Å². The lowest BCUT2D eigenvalue weighted by molar-refractivity contribution is 0.0713. The molecule has 0 N–H and O–H groups in total. The zero-order valence-corrected chi connectivity index (χ0v) is 15.3. The van der Waals surface area contributed by atoms with Gasteiger partial charge in [0.1, 0.15) is 0 Å². The van der Waals surface area contributed by atoms with Crippen molar-refractivity contribution in [2.24, 2.45) is 5.41 Å². The van der Waals surface area contributed by atoms with Gasteiger partial charge in [-0.2, -0.15) is 0 Å². The molecule has 1 nitrogen and oxygen atoms in total. The molecule has 0 spiro atoms. The molecule has 0 fully saturated rings. The summed E-state index contributed by atoms with van der Waals surface area (Å²) in [4.78, 5) is 0. The maximum atomic E-state index is 7.77. The van der Waals surface area contributed by atoms with Gasteiger partial charge < -0.3 is 4.43 Å². The van der Waals surface area contributed by atoms with Crippen LogP contribution in [0.3, 0.4) is 0 Å². The summed E-state index contributed by atoms with van der Waals surface area (Å²) in [6.45, 7) is 18.0. The van der Waals surface area contributed by atoms with Crippen molar-refractivity contribution in [1.29, 1.82) is 0 Å². The van der Waals surface area contributed by atoms with Gasteiger partial charge >= 0.3 is 0 Å². The molecule has 0 aliphatic rings. The molecule has 16 heavy (non-hydrogen) atoms. The number of rotatable bonds is 4. The van der Waals surface area contributed by atoms with Crippen LogP contribution in [0.2, 0.25) is 18.1 Å². The smallest absolute Gasteiger partial charge is 0.192 e. The van der Waals surface area contributed by atoms with Gasteiger partial charge in [-0.05, 0) is 30.0 Å². The first kappa shape index (κ1) is 15.0. The normalized spacial score (nSPS) is 19.2. The lowest BCUT2D eigenvalue weighted by Crippen LogP contribution is -2.47. The van der Waals surface area contributed by atoms with Crippen LogP contribution < -0.4 is 0 Å². The molecule has 98 valence electrons. The van der Waals surface area contributed by atoms with Crippen molar-refractivity contribution in [3.05, 3.63) is 0 Å². The van der Waals surface area contributed by atoms with Crippen LogP contribution in [0.25, 0.3) is 0 Å². The number of halogens is 1. The predicted octanol–water partition coefficient (Wildman–Crippen LogP) is 5.25. The highest BCUT2D eigenvalue weighted by Gasteiger charge is 2.41. The van der Waals surface area contributed by atoms with E-state index < -0.39 is 8.32 Å². The fraction of sp³-hybridized carbons (Fsp3) is 1.00. The minimum Gasteiger partial charge on any atom is -0.413 e. The molecule has 0 aromatic carbocycles. The topological polar surface area (TPSA) is 9.23 Å². The molecule has 0 radical (unpaired) electrons. The average Bonchev–Trinajstić information content (AvgIpc) is 1.97. The van der Waals surface area contributed by atoms with Crippen molar-refractivity contribution in [3.8, 4) is 0 Å². The quantitative estimate of drug-likeness (QED) is 0.379. The summed E-state index contributed by atoms with van der Waals surface area (Å²) in [5.41, 5.74) is 0.111. The number of hydrogen-bond acceptors (Lipinski definition) is 1. The zero-order valence-electron chi connectivity index (χ0n) is 13.1.